The van der Waals surface area contributed by atoms with E-state index in [0.717, 1.165) is 0 Å². The fraction of sp³-hybridized carbons (Fsp3) is 0.917. The van der Waals surface area contributed by atoms with Crippen LogP contribution in [0.5, 0.6) is 0 Å². The number of methoxy groups -OCH3 is 1. The fourth-order valence-corrected chi connectivity index (χ4v) is 2.20. The summed E-state index contributed by atoms with van der Waals surface area (Å²) in [5.41, 5.74) is 0. The second-order valence-electron chi connectivity index (χ2n) is 4.59. The molecule has 5 nitrogen and oxygen atoms in total. The summed E-state index contributed by atoms with van der Waals surface area (Å²) < 4.78 is 4.99. The van der Waals surface area contributed by atoms with Gasteiger partial charge in [0.1, 0.15) is 0 Å². The van der Waals surface area contributed by atoms with Crippen molar-refractivity contribution in [1.82, 2.24) is 10.6 Å². The first-order chi connectivity index (χ1) is 8.26. The van der Waals surface area contributed by atoms with Gasteiger partial charge in [-0.2, -0.15) is 0 Å². The lowest BCUT2D eigenvalue weighted by atomic mass is 10.2. The van der Waals surface area contributed by atoms with E-state index in [4.69, 9.17) is 9.84 Å². The summed E-state index contributed by atoms with van der Waals surface area (Å²) in [6.45, 7) is 0.858. The first-order valence-electron chi connectivity index (χ1n) is 6.38. The Hall–Kier alpha value is -0.650. The molecule has 1 amide bonds. The van der Waals surface area contributed by atoms with Crippen LogP contribution in [-0.2, 0) is 9.53 Å². The molecule has 3 N–H and O–H groups in total. The summed E-state index contributed by atoms with van der Waals surface area (Å²) in [7, 11) is 1.59. The first-order valence-corrected chi connectivity index (χ1v) is 6.38. The molecule has 0 aromatic rings. The lowest BCUT2D eigenvalue weighted by Gasteiger charge is -2.18. The van der Waals surface area contributed by atoms with E-state index in [0.29, 0.717) is 25.6 Å². The average molecular weight is 244 g/mol. The van der Waals surface area contributed by atoms with Crippen LogP contribution in [0.15, 0.2) is 0 Å². The van der Waals surface area contributed by atoms with Gasteiger partial charge in [0.05, 0.1) is 19.2 Å². The molecule has 0 aliphatic heterocycles. The van der Waals surface area contributed by atoms with Gasteiger partial charge in [-0.05, 0) is 19.3 Å². The number of amides is 1. The van der Waals surface area contributed by atoms with Crippen LogP contribution >= 0.6 is 0 Å². The molecule has 0 bridgehead atoms. The predicted molar refractivity (Wildman–Crippen MR) is 65.8 cm³/mol. The van der Waals surface area contributed by atoms with Crippen LogP contribution in [0.25, 0.3) is 0 Å². The van der Waals surface area contributed by atoms with Crippen molar-refractivity contribution in [3.8, 4) is 0 Å². The highest BCUT2D eigenvalue weighted by molar-refractivity contribution is 5.78. The van der Waals surface area contributed by atoms with Crippen molar-refractivity contribution >= 4 is 5.91 Å². The lowest BCUT2D eigenvalue weighted by molar-refractivity contribution is -0.121. The Kier molecular flexibility index (Phi) is 7.16. The Morgan fingerprint density at radius 3 is 2.76 bits per heavy atom. The number of rotatable bonds is 8. The van der Waals surface area contributed by atoms with Gasteiger partial charge in [-0.1, -0.05) is 12.8 Å². The maximum Gasteiger partial charge on any atom is 0.234 e. The van der Waals surface area contributed by atoms with E-state index >= 15 is 0 Å². The monoisotopic (exact) mass is 244 g/mol. The minimum Gasteiger partial charge on any atom is -0.396 e. The van der Waals surface area contributed by atoms with Crippen molar-refractivity contribution in [3.05, 3.63) is 0 Å². The van der Waals surface area contributed by atoms with Crippen LogP contribution in [0, 0.1) is 0 Å². The Balaban J connectivity index is 2.16. The molecule has 0 radical (unpaired) electrons. The highest BCUT2D eigenvalue weighted by Crippen LogP contribution is 2.17. The number of carbonyl (C=O) groups excluding carboxylic acids is 1. The van der Waals surface area contributed by atoms with Gasteiger partial charge in [0.15, 0.2) is 0 Å². The molecule has 0 spiro atoms. The van der Waals surface area contributed by atoms with E-state index < -0.39 is 0 Å². The summed E-state index contributed by atoms with van der Waals surface area (Å²) in [4.78, 5) is 11.6. The van der Waals surface area contributed by atoms with Gasteiger partial charge in [0.25, 0.3) is 0 Å². The summed E-state index contributed by atoms with van der Waals surface area (Å²) >= 11 is 0. The van der Waals surface area contributed by atoms with Gasteiger partial charge in [0, 0.05) is 19.8 Å². The van der Waals surface area contributed by atoms with Crippen LogP contribution in [0.2, 0.25) is 0 Å². The normalized spacial score (nSPS) is 18.2. The van der Waals surface area contributed by atoms with Crippen LogP contribution < -0.4 is 10.6 Å². The predicted octanol–water partition coefficient (Wildman–Crippen LogP) is 0.0322. The summed E-state index contributed by atoms with van der Waals surface area (Å²) in [5.74, 6) is -0.0209. The number of hydrogen-bond acceptors (Lipinski definition) is 4. The molecule has 0 heterocycles. The molecule has 0 aromatic carbocycles. The molecule has 1 saturated carbocycles. The third-order valence-electron chi connectivity index (χ3n) is 3.12. The maximum atomic E-state index is 11.6. The molecule has 1 fully saturated rings. The molecule has 100 valence electrons. The molecule has 0 aromatic heterocycles. The van der Waals surface area contributed by atoms with Crippen molar-refractivity contribution < 1.29 is 14.6 Å². The standard InChI is InChI=1S/C12H24N2O3/c1-17-9-11(6-7-15)14-12(16)8-13-10-4-2-3-5-10/h10-11,13,15H,2-9H2,1H3,(H,14,16). The number of hydrogen-bond donors (Lipinski definition) is 3. The molecule has 5 heteroatoms. The van der Waals surface area contributed by atoms with E-state index in [9.17, 15) is 4.79 Å². The first kappa shape index (κ1) is 14.4. The Bertz CT molecular complexity index is 212. The summed E-state index contributed by atoms with van der Waals surface area (Å²) in [6, 6.07) is 0.405. The largest absolute Gasteiger partial charge is 0.396 e. The van der Waals surface area contributed by atoms with Gasteiger partial charge >= 0.3 is 0 Å². The van der Waals surface area contributed by atoms with Crippen LogP contribution in [0.1, 0.15) is 32.1 Å². The zero-order valence-corrected chi connectivity index (χ0v) is 10.6. The maximum absolute atomic E-state index is 11.6. The molecular formula is C12H24N2O3. The average Bonchev–Trinajstić information content (AvgIpc) is 2.80. The van der Waals surface area contributed by atoms with Crippen LogP contribution in [-0.4, -0.2) is 50.0 Å². The third kappa shape index (κ3) is 6.00. The van der Waals surface area contributed by atoms with Crippen molar-refractivity contribution in [3.63, 3.8) is 0 Å². The van der Waals surface area contributed by atoms with Crippen molar-refractivity contribution in [1.29, 1.82) is 0 Å². The molecule has 17 heavy (non-hydrogen) atoms. The van der Waals surface area contributed by atoms with Gasteiger partial charge in [0.2, 0.25) is 5.91 Å². The van der Waals surface area contributed by atoms with E-state index in [-0.39, 0.29) is 18.6 Å². The van der Waals surface area contributed by atoms with Crippen molar-refractivity contribution in [2.24, 2.45) is 0 Å². The van der Waals surface area contributed by atoms with Gasteiger partial charge in [-0.25, -0.2) is 0 Å². The lowest BCUT2D eigenvalue weighted by Crippen LogP contribution is -2.44. The van der Waals surface area contributed by atoms with Crippen LogP contribution in [0.4, 0.5) is 0 Å². The quantitative estimate of drug-likeness (QED) is 0.563. The topological polar surface area (TPSA) is 70.6 Å². The molecular weight excluding hydrogens is 220 g/mol. The molecule has 1 atom stereocenters. The third-order valence-corrected chi connectivity index (χ3v) is 3.12. The Morgan fingerprint density at radius 2 is 2.18 bits per heavy atom. The van der Waals surface area contributed by atoms with Gasteiger partial charge in [-0.3, -0.25) is 4.79 Å². The van der Waals surface area contributed by atoms with Gasteiger partial charge in [-0.15, -0.1) is 0 Å². The number of carbonyl (C=O) groups is 1. The van der Waals surface area contributed by atoms with Crippen molar-refractivity contribution in [2.75, 3.05) is 26.9 Å². The van der Waals surface area contributed by atoms with E-state index in [1.807, 2.05) is 0 Å². The fourth-order valence-electron chi connectivity index (χ4n) is 2.20. The number of aliphatic hydroxyl groups is 1. The highest BCUT2D eigenvalue weighted by Gasteiger charge is 2.16. The van der Waals surface area contributed by atoms with E-state index in [1.165, 1.54) is 25.7 Å². The number of ether oxygens (including phenoxy) is 1. The molecule has 1 aliphatic rings. The summed E-state index contributed by atoms with van der Waals surface area (Å²) in [6.07, 6.45) is 5.39. The number of aliphatic hydroxyl groups excluding tert-OH is 1. The highest BCUT2D eigenvalue weighted by atomic mass is 16.5. The minimum absolute atomic E-state index is 0.0209. The zero-order chi connectivity index (χ0) is 12.5. The van der Waals surface area contributed by atoms with E-state index in [2.05, 4.69) is 10.6 Å². The SMILES string of the molecule is COCC(CCO)NC(=O)CNC1CCCC1. The Labute approximate surface area is 103 Å². The second-order valence-corrected chi connectivity index (χ2v) is 4.59. The summed E-state index contributed by atoms with van der Waals surface area (Å²) in [5, 5.41) is 15.0. The zero-order valence-electron chi connectivity index (χ0n) is 10.6. The Morgan fingerprint density at radius 1 is 1.47 bits per heavy atom. The molecule has 0 saturated heterocycles. The van der Waals surface area contributed by atoms with Crippen LogP contribution in [0.3, 0.4) is 0 Å². The molecule has 1 unspecified atom stereocenters. The smallest absolute Gasteiger partial charge is 0.234 e. The molecule has 1 rings (SSSR count). The van der Waals surface area contributed by atoms with Gasteiger partial charge < -0.3 is 20.5 Å². The van der Waals surface area contributed by atoms with E-state index in [1.54, 1.807) is 7.11 Å². The second kappa shape index (κ2) is 8.44. The molecule has 1 aliphatic carbocycles. The number of nitrogens with one attached hydrogen (secondary N) is 2. The van der Waals surface area contributed by atoms with Crippen molar-refractivity contribution in [2.45, 2.75) is 44.2 Å². The minimum atomic E-state index is -0.0946.